The van der Waals surface area contributed by atoms with Gasteiger partial charge in [0.2, 0.25) is 5.91 Å². The Balaban J connectivity index is 2.59. The van der Waals surface area contributed by atoms with Crippen LogP contribution in [0.5, 0.6) is 0 Å². The molecular formula is C15H22N4O3. The van der Waals surface area contributed by atoms with Crippen LogP contribution in [-0.2, 0) is 13.6 Å². The van der Waals surface area contributed by atoms with Crippen molar-refractivity contribution < 1.29 is 4.79 Å². The molecule has 2 aromatic heterocycles. The summed E-state index contributed by atoms with van der Waals surface area (Å²) in [5.41, 5.74) is -0.555. The molecule has 0 unspecified atom stereocenters. The van der Waals surface area contributed by atoms with Crippen LogP contribution in [0.4, 0.5) is 0 Å². The minimum atomic E-state index is -0.624. The van der Waals surface area contributed by atoms with E-state index < -0.39 is 17.2 Å². The predicted molar refractivity (Wildman–Crippen MR) is 84.3 cm³/mol. The summed E-state index contributed by atoms with van der Waals surface area (Å²) in [5.74, 6) is -0.440. The van der Waals surface area contributed by atoms with E-state index in [0.717, 1.165) is 23.8 Å². The van der Waals surface area contributed by atoms with Gasteiger partial charge in [-0.3, -0.25) is 14.2 Å². The molecule has 0 aliphatic rings. The standard InChI is InChI=1S/C15H22N4O3/c1-4-6-7-8-11(20)19-14(21)12-13(17(3)15(19)22)16-10-18(12)9-5-2/h10H,4-9H2,1-3H3. The second-order valence-corrected chi connectivity index (χ2v) is 5.44. The van der Waals surface area contributed by atoms with E-state index in [1.807, 2.05) is 13.8 Å². The molecule has 0 spiro atoms. The second kappa shape index (κ2) is 6.72. The number of nitrogens with zero attached hydrogens (tertiary/aromatic N) is 4. The number of carbonyl (C=O) groups is 1. The fraction of sp³-hybridized carbons (Fsp3) is 0.600. The second-order valence-electron chi connectivity index (χ2n) is 5.44. The molecule has 22 heavy (non-hydrogen) atoms. The van der Waals surface area contributed by atoms with Gasteiger partial charge in [-0.05, 0) is 12.8 Å². The molecule has 120 valence electrons. The average molecular weight is 306 g/mol. The first-order chi connectivity index (χ1) is 10.5. The molecule has 0 saturated carbocycles. The Bertz CT molecular complexity index is 797. The van der Waals surface area contributed by atoms with Crippen molar-refractivity contribution >= 4 is 17.1 Å². The Labute approximate surface area is 128 Å². The highest BCUT2D eigenvalue weighted by atomic mass is 16.2. The lowest BCUT2D eigenvalue weighted by molar-refractivity contribution is 0.0888. The van der Waals surface area contributed by atoms with Gasteiger partial charge in [0.1, 0.15) is 0 Å². The van der Waals surface area contributed by atoms with Crippen molar-refractivity contribution in [1.29, 1.82) is 0 Å². The smallest absolute Gasteiger partial charge is 0.325 e. The van der Waals surface area contributed by atoms with E-state index in [-0.39, 0.29) is 6.42 Å². The molecule has 7 heteroatoms. The topological polar surface area (TPSA) is 78.9 Å². The molecule has 0 atom stereocenters. The van der Waals surface area contributed by atoms with Crippen LogP contribution in [0.1, 0.15) is 50.7 Å². The Hall–Kier alpha value is -2.18. The number of imidazole rings is 1. The van der Waals surface area contributed by atoms with E-state index in [9.17, 15) is 14.4 Å². The van der Waals surface area contributed by atoms with Crippen molar-refractivity contribution in [3.63, 3.8) is 0 Å². The van der Waals surface area contributed by atoms with Gasteiger partial charge in [0.25, 0.3) is 5.56 Å². The van der Waals surface area contributed by atoms with Gasteiger partial charge in [0, 0.05) is 20.0 Å². The number of unbranched alkanes of at least 4 members (excludes halogenated alkanes) is 2. The number of rotatable bonds is 6. The lowest BCUT2D eigenvalue weighted by Crippen LogP contribution is -2.43. The molecule has 0 saturated heterocycles. The van der Waals surface area contributed by atoms with Gasteiger partial charge in [0.15, 0.2) is 11.2 Å². The van der Waals surface area contributed by atoms with E-state index in [2.05, 4.69) is 4.98 Å². The zero-order chi connectivity index (χ0) is 16.3. The van der Waals surface area contributed by atoms with Crippen molar-refractivity contribution in [1.82, 2.24) is 18.7 Å². The number of hydrogen-bond acceptors (Lipinski definition) is 4. The summed E-state index contributed by atoms with van der Waals surface area (Å²) in [4.78, 5) is 41.3. The van der Waals surface area contributed by atoms with Crippen molar-refractivity contribution in [3.05, 3.63) is 27.2 Å². The highest BCUT2D eigenvalue weighted by Crippen LogP contribution is 2.07. The fourth-order valence-electron chi connectivity index (χ4n) is 2.54. The van der Waals surface area contributed by atoms with Crippen molar-refractivity contribution in [2.24, 2.45) is 7.05 Å². The normalized spacial score (nSPS) is 11.2. The Kier molecular flexibility index (Phi) is 4.95. The molecule has 2 aromatic rings. The lowest BCUT2D eigenvalue weighted by atomic mass is 10.2. The molecule has 0 amide bonds. The van der Waals surface area contributed by atoms with Gasteiger partial charge in [-0.1, -0.05) is 26.7 Å². The number of hydrogen-bond donors (Lipinski definition) is 0. The molecule has 0 N–H and O–H groups in total. The summed E-state index contributed by atoms with van der Waals surface area (Å²) >= 11 is 0. The molecule has 0 fully saturated rings. The van der Waals surface area contributed by atoms with E-state index >= 15 is 0 Å². The third kappa shape index (κ3) is 2.75. The molecule has 0 aromatic carbocycles. The molecule has 0 bridgehead atoms. The molecule has 2 heterocycles. The number of aromatic nitrogens is 4. The van der Waals surface area contributed by atoms with Gasteiger partial charge in [-0.15, -0.1) is 0 Å². The van der Waals surface area contributed by atoms with Gasteiger partial charge in [-0.25, -0.2) is 9.78 Å². The summed E-state index contributed by atoms with van der Waals surface area (Å²) in [7, 11) is 1.53. The van der Waals surface area contributed by atoms with Crippen LogP contribution in [0.2, 0.25) is 0 Å². The first kappa shape index (κ1) is 16.2. The van der Waals surface area contributed by atoms with Crippen LogP contribution in [0.3, 0.4) is 0 Å². The zero-order valence-corrected chi connectivity index (χ0v) is 13.3. The lowest BCUT2D eigenvalue weighted by Gasteiger charge is -2.08. The van der Waals surface area contributed by atoms with Gasteiger partial charge < -0.3 is 4.57 Å². The van der Waals surface area contributed by atoms with Gasteiger partial charge in [-0.2, -0.15) is 4.57 Å². The number of fused-ring (bicyclic) bond motifs is 1. The first-order valence-corrected chi connectivity index (χ1v) is 7.73. The fourth-order valence-corrected chi connectivity index (χ4v) is 2.54. The molecule has 0 radical (unpaired) electrons. The predicted octanol–water partition coefficient (Wildman–Crippen LogP) is 1.53. The SMILES string of the molecule is CCCCCC(=O)n1c(=O)c2c(ncn2CCC)n(C)c1=O. The van der Waals surface area contributed by atoms with Crippen LogP contribution in [0, 0.1) is 0 Å². The van der Waals surface area contributed by atoms with Crippen LogP contribution in [0.25, 0.3) is 11.2 Å². The third-order valence-corrected chi connectivity index (χ3v) is 3.73. The van der Waals surface area contributed by atoms with Crippen molar-refractivity contribution in [3.8, 4) is 0 Å². The zero-order valence-electron chi connectivity index (χ0n) is 13.3. The van der Waals surface area contributed by atoms with Crippen molar-refractivity contribution in [2.45, 2.75) is 52.5 Å². The first-order valence-electron chi connectivity index (χ1n) is 7.73. The highest BCUT2D eigenvalue weighted by molar-refractivity contribution is 5.81. The van der Waals surface area contributed by atoms with Crippen LogP contribution >= 0.6 is 0 Å². The summed E-state index contributed by atoms with van der Waals surface area (Å²) in [6.45, 7) is 4.64. The maximum atomic E-state index is 12.6. The monoisotopic (exact) mass is 306 g/mol. The quantitative estimate of drug-likeness (QED) is 0.758. The van der Waals surface area contributed by atoms with Crippen LogP contribution in [-0.4, -0.2) is 24.6 Å². The summed E-state index contributed by atoms with van der Waals surface area (Å²) in [6.07, 6.45) is 5.13. The molecule has 2 rings (SSSR count). The van der Waals surface area contributed by atoms with E-state index in [4.69, 9.17) is 0 Å². The minimum absolute atomic E-state index is 0.205. The van der Waals surface area contributed by atoms with E-state index in [1.54, 1.807) is 10.9 Å². The van der Waals surface area contributed by atoms with Gasteiger partial charge >= 0.3 is 5.69 Å². The van der Waals surface area contributed by atoms with E-state index in [1.165, 1.54) is 11.6 Å². The van der Waals surface area contributed by atoms with Crippen LogP contribution < -0.4 is 11.2 Å². The Morgan fingerprint density at radius 3 is 2.55 bits per heavy atom. The maximum Gasteiger partial charge on any atom is 0.339 e. The third-order valence-electron chi connectivity index (χ3n) is 3.73. The summed E-state index contributed by atoms with van der Waals surface area (Å²) in [6, 6.07) is 0. The Morgan fingerprint density at radius 1 is 1.18 bits per heavy atom. The average Bonchev–Trinajstić information content (AvgIpc) is 2.90. The molecule has 0 aliphatic heterocycles. The molecule has 0 aliphatic carbocycles. The summed E-state index contributed by atoms with van der Waals surface area (Å²) < 4.78 is 3.72. The number of carbonyl (C=O) groups excluding carboxylic acids is 1. The molecule has 7 nitrogen and oxygen atoms in total. The largest absolute Gasteiger partial charge is 0.339 e. The van der Waals surface area contributed by atoms with Crippen LogP contribution in [0.15, 0.2) is 15.9 Å². The van der Waals surface area contributed by atoms with E-state index in [0.29, 0.717) is 24.1 Å². The minimum Gasteiger partial charge on any atom is -0.325 e. The Morgan fingerprint density at radius 2 is 1.91 bits per heavy atom. The maximum absolute atomic E-state index is 12.6. The van der Waals surface area contributed by atoms with Crippen molar-refractivity contribution in [2.75, 3.05) is 0 Å². The highest BCUT2D eigenvalue weighted by Gasteiger charge is 2.19. The van der Waals surface area contributed by atoms with Gasteiger partial charge in [0.05, 0.1) is 6.33 Å². The molecular weight excluding hydrogens is 284 g/mol. The number of aryl methyl sites for hydroxylation is 2. The summed E-state index contributed by atoms with van der Waals surface area (Å²) in [5, 5.41) is 0.